The summed E-state index contributed by atoms with van der Waals surface area (Å²) in [5, 5.41) is 0. The van der Waals surface area contributed by atoms with Gasteiger partial charge in [-0.2, -0.15) is 45.5 Å². The molecular formula is C20H24Cl2Ti. The molecule has 0 unspecified atom stereocenters. The Morgan fingerprint density at radius 1 is 0.652 bits per heavy atom. The fraction of sp³-hybridized carbons (Fsp3) is 0.500. The molecular weight excluding hydrogens is 359 g/mol. The molecule has 0 radical (unpaired) electrons. The smallest absolute Gasteiger partial charge is 1.00 e. The minimum atomic E-state index is 0. The first-order valence-electron chi connectivity index (χ1n) is 8.43. The van der Waals surface area contributed by atoms with Crippen molar-refractivity contribution in [2.24, 2.45) is 0 Å². The van der Waals surface area contributed by atoms with Gasteiger partial charge >= 0.3 is 21.7 Å². The van der Waals surface area contributed by atoms with Crippen molar-refractivity contribution in [2.45, 2.75) is 64.2 Å². The van der Waals surface area contributed by atoms with Crippen molar-refractivity contribution in [3.05, 3.63) is 57.6 Å². The Bertz CT molecular complexity index is 508. The monoisotopic (exact) mass is 382 g/mol. The number of aryl methyl sites for hydroxylation is 6. The van der Waals surface area contributed by atoms with Crippen molar-refractivity contribution in [1.82, 2.24) is 0 Å². The molecule has 0 spiro atoms. The molecule has 122 valence electrons. The minimum absolute atomic E-state index is 0. The van der Waals surface area contributed by atoms with Crippen LogP contribution in [0.5, 0.6) is 0 Å². The number of fused-ring (bicyclic) bond motifs is 2. The van der Waals surface area contributed by atoms with Crippen LogP contribution in [-0.4, -0.2) is 0 Å². The molecule has 0 atom stereocenters. The van der Waals surface area contributed by atoms with Crippen LogP contribution in [0, 0.1) is 0 Å². The molecule has 0 saturated carbocycles. The summed E-state index contributed by atoms with van der Waals surface area (Å²) in [6.45, 7) is 0. The summed E-state index contributed by atoms with van der Waals surface area (Å²) in [6, 6.07) is 9.93. The van der Waals surface area contributed by atoms with Crippen LogP contribution in [0.4, 0.5) is 0 Å². The zero-order valence-electron chi connectivity index (χ0n) is 13.6. The van der Waals surface area contributed by atoms with E-state index in [1.807, 2.05) is 0 Å². The quantitative estimate of drug-likeness (QED) is 0.456. The van der Waals surface area contributed by atoms with Crippen molar-refractivity contribution in [3.63, 3.8) is 0 Å². The first-order valence-corrected chi connectivity index (χ1v) is 8.43. The topological polar surface area (TPSA) is 0 Å². The predicted octanol–water partition coefficient (Wildman–Crippen LogP) is -1.33. The summed E-state index contributed by atoms with van der Waals surface area (Å²) in [5.74, 6) is 0. The van der Waals surface area contributed by atoms with E-state index in [1.54, 1.807) is 33.4 Å². The van der Waals surface area contributed by atoms with Gasteiger partial charge in [-0.15, -0.1) is 0 Å². The molecule has 2 aromatic carbocycles. The van der Waals surface area contributed by atoms with Crippen LogP contribution in [0.3, 0.4) is 0 Å². The molecule has 23 heavy (non-hydrogen) atoms. The van der Waals surface area contributed by atoms with Gasteiger partial charge in [0.15, 0.2) is 0 Å². The number of hydrogen-bond acceptors (Lipinski definition) is 0. The van der Waals surface area contributed by atoms with Gasteiger partial charge in [-0.05, 0) is 12.8 Å². The van der Waals surface area contributed by atoms with Crippen LogP contribution in [0.1, 0.15) is 59.1 Å². The Hall–Kier alpha value is -0.00571. The Labute approximate surface area is 167 Å². The van der Waals surface area contributed by atoms with E-state index in [0.29, 0.717) is 0 Å². The molecule has 0 saturated heterocycles. The van der Waals surface area contributed by atoms with Crippen molar-refractivity contribution >= 4 is 0 Å². The van der Waals surface area contributed by atoms with Crippen LogP contribution in [0.15, 0.2) is 24.3 Å². The van der Waals surface area contributed by atoms with Crippen molar-refractivity contribution in [2.75, 3.05) is 0 Å². The first-order chi connectivity index (χ1) is 9.88. The Kier molecular flexibility index (Phi) is 8.66. The third-order valence-corrected chi connectivity index (χ3v) is 5.25. The van der Waals surface area contributed by atoms with Gasteiger partial charge in [0.2, 0.25) is 0 Å². The average molecular weight is 383 g/mol. The largest absolute Gasteiger partial charge is 4.00 e. The normalized spacial score (nSPS) is 15.5. The molecule has 2 aliphatic rings. The van der Waals surface area contributed by atoms with Gasteiger partial charge in [0.05, 0.1) is 0 Å². The second kappa shape index (κ2) is 9.47. The SMILES string of the molecule is [Cl-].[Cl-].[Ti+4].c1c(CCc2cc3c([cH-]2)CCCC3)[cH-]c2c1CCCC2. The second-order valence-corrected chi connectivity index (χ2v) is 6.74. The van der Waals surface area contributed by atoms with Crippen LogP contribution >= 0.6 is 0 Å². The van der Waals surface area contributed by atoms with Gasteiger partial charge in [-0.3, -0.25) is 0 Å². The summed E-state index contributed by atoms with van der Waals surface area (Å²) >= 11 is 0. The molecule has 0 bridgehead atoms. The van der Waals surface area contributed by atoms with E-state index < -0.39 is 0 Å². The van der Waals surface area contributed by atoms with E-state index >= 15 is 0 Å². The molecule has 2 aromatic rings. The third-order valence-electron chi connectivity index (χ3n) is 5.25. The summed E-state index contributed by atoms with van der Waals surface area (Å²) in [5.41, 5.74) is 9.74. The summed E-state index contributed by atoms with van der Waals surface area (Å²) in [6.07, 6.45) is 13.3. The number of halogens is 2. The molecule has 0 fully saturated rings. The maximum Gasteiger partial charge on any atom is 4.00 e. The third kappa shape index (κ3) is 4.76. The van der Waals surface area contributed by atoms with Crippen molar-refractivity contribution < 1.29 is 46.5 Å². The maximum atomic E-state index is 2.48. The van der Waals surface area contributed by atoms with Gasteiger partial charge in [0.1, 0.15) is 0 Å². The van der Waals surface area contributed by atoms with Gasteiger partial charge < -0.3 is 24.8 Å². The van der Waals surface area contributed by atoms with Crippen LogP contribution in [-0.2, 0) is 60.2 Å². The summed E-state index contributed by atoms with van der Waals surface area (Å²) < 4.78 is 0. The minimum Gasteiger partial charge on any atom is -1.00 e. The first kappa shape index (κ1) is 21.0. The van der Waals surface area contributed by atoms with E-state index in [1.165, 1.54) is 64.2 Å². The fourth-order valence-electron chi connectivity index (χ4n) is 4.12. The summed E-state index contributed by atoms with van der Waals surface area (Å²) in [4.78, 5) is 0. The van der Waals surface area contributed by atoms with Gasteiger partial charge in [0.25, 0.3) is 0 Å². The van der Waals surface area contributed by atoms with E-state index in [9.17, 15) is 0 Å². The molecule has 0 nitrogen and oxygen atoms in total. The predicted molar refractivity (Wildman–Crippen MR) is 84.8 cm³/mol. The molecule has 4 rings (SSSR count). The standard InChI is InChI=1S/C20H24.2ClH.Ti/c1-2-6-18-12-15(11-17(18)5-1)9-10-16-13-19-7-3-4-8-20(19)14-16;;;/h11-14H,1-10H2;2*1H;/q-2;;;+4/p-2. The Balaban J connectivity index is 0.000000882. The fourth-order valence-corrected chi connectivity index (χ4v) is 4.12. The molecule has 2 aliphatic carbocycles. The van der Waals surface area contributed by atoms with E-state index in [4.69, 9.17) is 0 Å². The molecule has 3 heteroatoms. The van der Waals surface area contributed by atoms with Crippen molar-refractivity contribution in [1.29, 1.82) is 0 Å². The Morgan fingerprint density at radius 3 is 1.43 bits per heavy atom. The van der Waals surface area contributed by atoms with Gasteiger partial charge in [-0.25, -0.2) is 12.1 Å². The summed E-state index contributed by atoms with van der Waals surface area (Å²) in [7, 11) is 0. The van der Waals surface area contributed by atoms with E-state index in [0.717, 1.165) is 0 Å². The maximum absolute atomic E-state index is 2.48. The molecule has 0 heterocycles. The van der Waals surface area contributed by atoms with Crippen molar-refractivity contribution in [3.8, 4) is 0 Å². The van der Waals surface area contributed by atoms with Crippen LogP contribution in [0.25, 0.3) is 0 Å². The zero-order chi connectivity index (χ0) is 13.4. The molecule has 0 N–H and O–H groups in total. The Morgan fingerprint density at radius 2 is 1.04 bits per heavy atom. The zero-order valence-corrected chi connectivity index (χ0v) is 16.7. The van der Waals surface area contributed by atoms with Gasteiger partial charge in [-0.1, -0.05) is 51.4 Å². The molecule has 0 aromatic heterocycles. The van der Waals surface area contributed by atoms with E-state index in [2.05, 4.69) is 24.3 Å². The molecule has 0 amide bonds. The average Bonchev–Trinajstić information content (AvgIpc) is 3.07. The van der Waals surface area contributed by atoms with Crippen LogP contribution < -0.4 is 24.8 Å². The number of hydrogen-bond donors (Lipinski definition) is 0. The number of rotatable bonds is 3. The van der Waals surface area contributed by atoms with Crippen LogP contribution in [0.2, 0.25) is 0 Å². The second-order valence-electron chi connectivity index (χ2n) is 6.74. The molecule has 0 aliphatic heterocycles. The van der Waals surface area contributed by atoms with E-state index in [-0.39, 0.29) is 46.5 Å². The van der Waals surface area contributed by atoms with Gasteiger partial charge in [0, 0.05) is 0 Å².